The summed E-state index contributed by atoms with van der Waals surface area (Å²) in [5, 5.41) is 1.03. The second kappa shape index (κ2) is 7.68. The minimum absolute atomic E-state index is 0.163. The van der Waals surface area contributed by atoms with Crippen molar-refractivity contribution >= 4 is 22.8 Å². The largest absolute Gasteiger partial charge is 0.467 e. The highest BCUT2D eigenvalue weighted by Crippen LogP contribution is 2.46. The highest BCUT2D eigenvalue weighted by molar-refractivity contribution is 6.03. The van der Waals surface area contributed by atoms with Crippen LogP contribution in [0.5, 0.6) is 0 Å². The summed E-state index contributed by atoms with van der Waals surface area (Å²) in [6, 6.07) is 22.9. The summed E-state index contributed by atoms with van der Waals surface area (Å²) in [6.07, 6.45) is 0. The van der Waals surface area contributed by atoms with E-state index in [1.165, 1.54) is 12.7 Å². The molecule has 0 unspecified atom stereocenters. The Balaban J connectivity index is 1.81. The van der Waals surface area contributed by atoms with Crippen molar-refractivity contribution in [1.82, 2.24) is 9.88 Å². The Morgan fingerprint density at radius 3 is 2.44 bits per heavy atom. The van der Waals surface area contributed by atoms with Crippen molar-refractivity contribution in [2.75, 3.05) is 7.11 Å². The number of methoxy groups -OCH3 is 1. The molecule has 2 heterocycles. The second-order valence-corrected chi connectivity index (χ2v) is 8.23. The Morgan fingerprint density at radius 1 is 1.00 bits per heavy atom. The lowest BCUT2D eigenvalue weighted by Crippen LogP contribution is -2.42. The molecule has 160 valence electrons. The van der Waals surface area contributed by atoms with Crippen molar-refractivity contribution in [3.8, 4) is 11.3 Å². The van der Waals surface area contributed by atoms with E-state index in [2.05, 4.69) is 42.2 Å². The van der Waals surface area contributed by atoms with Gasteiger partial charge >= 0.3 is 5.97 Å². The van der Waals surface area contributed by atoms with Crippen molar-refractivity contribution in [2.24, 2.45) is 0 Å². The Labute approximate surface area is 186 Å². The quantitative estimate of drug-likeness (QED) is 0.455. The third-order valence-corrected chi connectivity index (χ3v) is 6.32. The lowest BCUT2D eigenvalue weighted by Gasteiger charge is -2.30. The van der Waals surface area contributed by atoms with Gasteiger partial charge in [0.25, 0.3) is 5.91 Å². The van der Waals surface area contributed by atoms with Crippen LogP contribution in [0.2, 0.25) is 0 Å². The number of carbonyl (C=O) groups excluding carboxylic acids is 2. The number of ether oxygens (including phenoxy) is 1. The molecule has 1 N–H and O–H groups in total. The zero-order valence-corrected chi connectivity index (χ0v) is 18.3. The predicted molar refractivity (Wildman–Crippen MR) is 124 cm³/mol. The summed E-state index contributed by atoms with van der Waals surface area (Å²) in [7, 11) is 1.35. The van der Waals surface area contributed by atoms with Gasteiger partial charge in [-0.15, -0.1) is 0 Å². The molecule has 5 heteroatoms. The molecule has 4 aromatic rings. The molecule has 1 amide bonds. The fourth-order valence-electron chi connectivity index (χ4n) is 4.71. The fourth-order valence-corrected chi connectivity index (χ4v) is 4.71. The third-order valence-electron chi connectivity index (χ3n) is 6.32. The average molecular weight is 425 g/mol. The van der Waals surface area contributed by atoms with E-state index in [0.717, 1.165) is 33.3 Å². The Morgan fingerprint density at radius 2 is 1.69 bits per heavy atom. The molecule has 1 aliphatic rings. The lowest BCUT2D eigenvalue weighted by molar-refractivity contribution is -0.145. The maximum Gasteiger partial charge on any atom is 0.328 e. The number of amides is 1. The summed E-state index contributed by atoms with van der Waals surface area (Å²) in [4.78, 5) is 31.3. The van der Waals surface area contributed by atoms with Gasteiger partial charge in [0.1, 0.15) is 6.04 Å². The first kappa shape index (κ1) is 20.1. The molecule has 0 saturated heterocycles. The fraction of sp³-hybridized carbons (Fsp3) is 0.185. The van der Waals surface area contributed by atoms with E-state index in [4.69, 9.17) is 4.74 Å². The molecule has 5 rings (SSSR count). The molecule has 0 aliphatic carbocycles. The zero-order valence-electron chi connectivity index (χ0n) is 18.3. The minimum Gasteiger partial charge on any atom is -0.467 e. The van der Waals surface area contributed by atoms with Crippen LogP contribution >= 0.6 is 0 Å². The van der Waals surface area contributed by atoms with Gasteiger partial charge in [-0.3, -0.25) is 4.79 Å². The van der Waals surface area contributed by atoms with Crippen LogP contribution in [0.4, 0.5) is 0 Å². The van der Waals surface area contributed by atoms with E-state index in [0.29, 0.717) is 5.56 Å². The van der Waals surface area contributed by atoms with Gasteiger partial charge in [0.2, 0.25) is 0 Å². The molecule has 3 aromatic carbocycles. The summed E-state index contributed by atoms with van der Waals surface area (Å²) in [6.45, 7) is 3.78. The number of carbonyl (C=O) groups is 2. The Hall–Kier alpha value is -3.86. The van der Waals surface area contributed by atoms with Crippen LogP contribution in [0.3, 0.4) is 0 Å². The summed E-state index contributed by atoms with van der Waals surface area (Å²) in [5.41, 5.74) is 6.64. The highest BCUT2D eigenvalue weighted by Gasteiger charge is 2.44. The number of aryl methyl sites for hydroxylation is 1. The summed E-state index contributed by atoms with van der Waals surface area (Å²) in [5.74, 6) is -0.600. The number of fused-ring (bicyclic) bond motifs is 2. The standard InChI is InChI=1S/C27H24N2O3/c1-16-12-14-18(15-13-16)24-23(21-10-6-7-11-22(21)28-24)25-19-8-4-5-9-20(19)26(30)29(25)17(2)27(31)32-3/h4-15,17,25,28H,1-3H3/t17-,25+/m0/s1. The van der Waals surface area contributed by atoms with Crippen LogP contribution < -0.4 is 0 Å². The van der Waals surface area contributed by atoms with Crippen LogP contribution in [-0.2, 0) is 9.53 Å². The molecular weight excluding hydrogens is 400 g/mol. The van der Waals surface area contributed by atoms with Crippen LogP contribution in [0, 0.1) is 6.92 Å². The number of rotatable bonds is 4. The molecule has 0 radical (unpaired) electrons. The van der Waals surface area contributed by atoms with Gasteiger partial charge < -0.3 is 14.6 Å². The zero-order chi connectivity index (χ0) is 22.4. The number of nitrogens with zero attached hydrogens (tertiary/aromatic N) is 1. The molecular formula is C27H24N2O3. The second-order valence-electron chi connectivity index (χ2n) is 8.23. The van der Waals surface area contributed by atoms with E-state index in [-0.39, 0.29) is 5.91 Å². The first-order valence-corrected chi connectivity index (χ1v) is 10.7. The van der Waals surface area contributed by atoms with E-state index in [1.54, 1.807) is 11.8 Å². The average Bonchev–Trinajstić information content (AvgIpc) is 3.34. The minimum atomic E-state index is -0.732. The SMILES string of the molecule is COC(=O)[C@H](C)N1C(=O)c2ccccc2[C@@H]1c1c(-c2ccc(C)cc2)[nH]c2ccccc12. The molecule has 32 heavy (non-hydrogen) atoms. The van der Waals surface area contributed by atoms with Crippen molar-refractivity contribution in [2.45, 2.75) is 25.9 Å². The molecule has 0 saturated carbocycles. The first-order chi connectivity index (χ1) is 15.5. The molecule has 2 atom stereocenters. The van der Waals surface area contributed by atoms with Gasteiger partial charge in [-0.2, -0.15) is 0 Å². The van der Waals surface area contributed by atoms with Gasteiger partial charge in [0.05, 0.1) is 18.8 Å². The Bertz CT molecular complexity index is 1340. The van der Waals surface area contributed by atoms with E-state index in [9.17, 15) is 9.59 Å². The molecule has 1 aromatic heterocycles. The molecule has 1 aliphatic heterocycles. The smallest absolute Gasteiger partial charge is 0.328 e. The summed E-state index contributed by atoms with van der Waals surface area (Å²) >= 11 is 0. The van der Waals surface area contributed by atoms with Crippen LogP contribution in [0.25, 0.3) is 22.2 Å². The molecule has 5 nitrogen and oxygen atoms in total. The molecule has 0 bridgehead atoms. The van der Waals surface area contributed by atoms with Crippen LogP contribution in [-0.4, -0.2) is 34.9 Å². The maximum atomic E-state index is 13.5. The van der Waals surface area contributed by atoms with Gasteiger partial charge in [-0.1, -0.05) is 66.2 Å². The normalized spacial score (nSPS) is 16.3. The third kappa shape index (κ3) is 3.01. The lowest BCUT2D eigenvalue weighted by atomic mass is 9.92. The number of para-hydroxylation sites is 1. The monoisotopic (exact) mass is 424 g/mol. The van der Waals surface area contributed by atoms with Gasteiger partial charge in [-0.05, 0) is 37.1 Å². The number of benzene rings is 3. The van der Waals surface area contributed by atoms with E-state index < -0.39 is 18.1 Å². The topological polar surface area (TPSA) is 62.4 Å². The van der Waals surface area contributed by atoms with Crippen molar-refractivity contribution in [1.29, 1.82) is 0 Å². The maximum absolute atomic E-state index is 13.5. The van der Waals surface area contributed by atoms with Gasteiger partial charge in [-0.25, -0.2) is 4.79 Å². The van der Waals surface area contributed by atoms with E-state index in [1.807, 2.05) is 42.5 Å². The summed E-state index contributed by atoms with van der Waals surface area (Å²) < 4.78 is 5.01. The van der Waals surface area contributed by atoms with Crippen molar-refractivity contribution in [3.05, 3.63) is 95.1 Å². The van der Waals surface area contributed by atoms with Crippen molar-refractivity contribution in [3.63, 3.8) is 0 Å². The number of hydrogen-bond acceptors (Lipinski definition) is 3. The highest BCUT2D eigenvalue weighted by atomic mass is 16.5. The van der Waals surface area contributed by atoms with E-state index >= 15 is 0 Å². The number of hydrogen-bond donors (Lipinski definition) is 1. The number of nitrogens with one attached hydrogen (secondary N) is 1. The Kier molecular flexibility index (Phi) is 4.82. The number of H-pyrrole nitrogens is 1. The van der Waals surface area contributed by atoms with Crippen LogP contribution in [0.15, 0.2) is 72.8 Å². The number of aromatic nitrogens is 1. The number of aromatic amines is 1. The van der Waals surface area contributed by atoms with Crippen molar-refractivity contribution < 1.29 is 14.3 Å². The van der Waals surface area contributed by atoms with Crippen LogP contribution in [0.1, 0.15) is 40.0 Å². The number of esters is 1. The van der Waals surface area contributed by atoms with Gasteiger partial charge in [0.15, 0.2) is 0 Å². The molecule has 0 spiro atoms. The predicted octanol–water partition coefficient (Wildman–Crippen LogP) is 5.25. The first-order valence-electron chi connectivity index (χ1n) is 10.7. The molecule has 0 fully saturated rings. The van der Waals surface area contributed by atoms with Gasteiger partial charge in [0, 0.05) is 22.0 Å².